The fraction of sp³-hybridized carbons (Fsp3) is 0.684. The molecule has 0 spiro atoms. The molecule has 2 bridgehead atoms. The van der Waals surface area contributed by atoms with E-state index in [0.717, 1.165) is 0 Å². The quantitative estimate of drug-likeness (QED) is 0.697. The Bertz CT molecular complexity index is 442. The maximum Gasteiger partial charge on any atom is 0.471 e. The van der Waals surface area contributed by atoms with Gasteiger partial charge in [0.25, 0.3) is 0 Å². The van der Waals surface area contributed by atoms with Gasteiger partial charge in [0.15, 0.2) is 0 Å². The molecule has 0 aliphatic carbocycles. The van der Waals surface area contributed by atoms with Crippen LogP contribution in [0.5, 0.6) is 0 Å². The van der Waals surface area contributed by atoms with Gasteiger partial charge < -0.3 is 15.0 Å². The van der Waals surface area contributed by atoms with E-state index in [1.54, 1.807) is 4.90 Å². The highest BCUT2D eigenvalue weighted by Gasteiger charge is 2.46. The molecule has 2 rings (SSSR count). The minimum absolute atomic E-state index is 0.100. The molecule has 1 N–H and O–H groups in total. The molecule has 2 amide bonds. The second-order valence-corrected chi connectivity index (χ2v) is 5.30. The molecule has 8 heteroatoms. The summed E-state index contributed by atoms with van der Waals surface area (Å²) in [7, 11) is 0. The van der Waals surface area contributed by atoms with Gasteiger partial charge in [0.1, 0.15) is 6.61 Å². The van der Waals surface area contributed by atoms with Gasteiger partial charge in [-0.3, -0.25) is 4.79 Å². The molecule has 0 aromatic rings. The molecule has 27 heavy (non-hydrogen) atoms. The normalized spacial score (nSPS) is 22.5. The summed E-state index contributed by atoms with van der Waals surface area (Å²) in [5, 5.41) is 2.00. The number of carbonyl (C=O) groups is 2. The van der Waals surface area contributed by atoms with E-state index in [1.165, 1.54) is 6.08 Å². The molecule has 2 aliphatic heterocycles. The first-order valence-corrected chi connectivity index (χ1v) is 9.26. The van der Waals surface area contributed by atoms with Crippen molar-refractivity contribution >= 4 is 12.0 Å². The fourth-order valence-electron chi connectivity index (χ4n) is 3.06. The Morgan fingerprint density at radius 2 is 1.56 bits per heavy atom. The van der Waals surface area contributed by atoms with Crippen molar-refractivity contribution in [3.05, 3.63) is 25.8 Å². The second-order valence-electron chi connectivity index (χ2n) is 5.30. The zero-order valence-electron chi connectivity index (χ0n) is 16.8. The van der Waals surface area contributed by atoms with E-state index in [0.29, 0.717) is 25.7 Å². The third kappa shape index (κ3) is 8.49. The minimum Gasteiger partial charge on any atom is -0.445 e. The Labute approximate surface area is 160 Å². The third-order valence-corrected chi connectivity index (χ3v) is 3.86. The van der Waals surface area contributed by atoms with E-state index in [-0.39, 0.29) is 18.7 Å². The van der Waals surface area contributed by atoms with Crippen molar-refractivity contribution in [2.45, 2.75) is 77.7 Å². The van der Waals surface area contributed by atoms with Crippen LogP contribution in [0.25, 0.3) is 0 Å². The number of rotatable bonds is 3. The first kappa shape index (κ1) is 27.2. The van der Waals surface area contributed by atoms with Gasteiger partial charge >= 0.3 is 18.2 Å². The van der Waals surface area contributed by atoms with Gasteiger partial charge in [-0.15, -0.1) is 13.2 Å². The van der Waals surface area contributed by atoms with E-state index in [2.05, 4.69) is 19.7 Å². The molecule has 2 aliphatic rings. The smallest absolute Gasteiger partial charge is 0.445 e. The zero-order valence-corrected chi connectivity index (χ0v) is 16.8. The van der Waals surface area contributed by atoms with Crippen LogP contribution in [0.4, 0.5) is 18.0 Å². The average molecular weight is 394 g/mol. The number of amides is 2. The first-order chi connectivity index (χ1) is 12.8. The Balaban J connectivity index is 0. The molecule has 0 aromatic carbocycles. The van der Waals surface area contributed by atoms with Crippen LogP contribution in [0.1, 0.15) is 53.4 Å². The summed E-state index contributed by atoms with van der Waals surface area (Å²) in [6, 6.07) is -0.917. The number of ether oxygens (including phenoxy) is 1. The van der Waals surface area contributed by atoms with Crippen LogP contribution in [0.3, 0.4) is 0 Å². The topological polar surface area (TPSA) is 58.6 Å². The minimum atomic E-state index is -4.88. The third-order valence-electron chi connectivity index (χ3n) is 3.86. The lowest BCUT2D eigenvalue weighted by molar-refractivity contribution is -0.174. The largest absolute Gasteiger partial charge is 0.471 e. The summed E-state index contributed by atoms with van der Waals surface area (Å²) in [6.45, 7) is 17.5. The van der Waals surface area contributed by atoms with Crippen LogP contribution in [-0.2, 0) is 9.53 Å². The van der Waals surface area contributed by atoms with Gasteiger partial charge in [-0.25, -0.2) is 4.79 Å². The Morgan fingerprint density at radius 3 is 1.93 bits per heavy atom. The Kier molecular flexibility index (Phi) is 14.2. The van der Waals surface area contributed by atoms with Crippen molar-refractivity contribution < 1.29 is 27.5 Å². The molecule has 2 atom stereocenters. The molecular formula is C19H33F3N2O3. The number of carbonyl (C=O) groups excluding carboxylic acids is 2. The standard InChI is InChI=1S/C13H17F3N2O3.2C2H6.C2H4/c1-2-5-21-12(20)18-9-3-4-10(18)7-8(6-9)17-11(19)13(14,15)16;3*1-2/h2,8-10H,1,3-7H2,(H,17,19);2*1-2H3;1-2H2. The number of nitrogens with zero attached hydrogens (tertiary/aromatic N) is 1. The highest BCUT2D eigenvalue weighted by molar-refractivity contribution is 5.82. The summed E-state index contributed by atoms with van der Waals surface area (Å²) in [6.07, 6.45) is -1.82. The lowest BCUT2D eigenvalue weighted by Gasteiger charge is -2.38. The summed E-state index contributed by atoms with van der Waals surface area (Å²) in [5.74, 6) is -1.92. The van der Waals surface area contributed by atoms with Crippen LogP contribution >= 0.6 is 0 Å². The molecule has 2 fully saturated rings. The van der Waals surface area contributed by atoms with Crippen LogP contribution in [0, 0.1) is 0 Å². The van der Waals surface area contributed by atoms with Crippen LogP contribution in [0.2, 0.25) is 0 Å². The monoisotopic (exact) mass is 394 g/mol. The Hall–Kier alpha value is -1.99. The van der Waals surface area contributed by atoms with Crippen LogP contribution in [-0.4, -0.2) is 47.8 Å². The van der Waals surface area contributed by atoms with Crippen molar-refractivity contribution in [3.8, 4) is 0 Å². The zero-order chi connectivity index (χ0) is 21.6. The van der Waals surface area contributed by atoms with Crippen molar-refractivity contribution in [2.24, 2.45) is 0 Å². The number of hydrogen-bond acceptors (Lipinski definition) is 3. The number of hydrogen-bond donors (Lipinski definition) is 1. The first-order valence-electron chi connectivity index (χ1n) is 9.26. The number of nitrogens with one attached hydrogen (secondary N) is 1. The molecule has 0 radical (unpaired) electrons. The van der Waals surface area contributed by atoms with Gasteiger partial charge in [-0.05, 0) is 25.7 Å². The van der Waals surface area contributed by atoms with Crippen molar-refractivity contribution in [1.82, 2.24) is 10.2 Å². The van der Waals surface area contributed by atoms with E-state index < -0.39 is 24.2 Å². The molecule has 0 saturated carbocycles. The molecule has 2 saturated heterocycles. The van der Waals surface area contributed by atoms with E-state index in [1.807, 2.05) is 33.0 Å². The lowest BCUT2D eigenvalue weighted by Crippen LogP contribution is -2.54. The molecule has 5 nitrogen and oxygen atoms in total. The lowest BCUT2D eigenvalue weighted by atomic mass is 9.97. The van der Waals surface area contributed by atoms with Crippen molar-refractivity contribution in [1.29, 1.82) is 0 Å². The van der Waals surface area contributed by atoms with Crippen LogP contribution in [0.15, 0.2) is 25.8 Å². The van der Waals surface area contributed by atoms with Crippen LogP contribution < -0.4 is 5.32 Å². The van der Waals surface area contributed by atoms with Crippen molar-refractivity contribution in [3.63, 3.8) is 0 Å². The van der Waals surface area contributed by atoms with E-state index >= 15 is 0 Å². The molecule has 158 valence electrons. The highest BCUT2D eigenvalue weighted by Crippen LogP contribution is 2.36. The van der Waals surface area contributed by atoms with Gasteiger partial charge in [0, 0.05) is 18.1 Å². The summed E-state index contributed by atoms with van der Waals surface area (Å²) >= 11 is 0. The summed E-state index contributed by atoms with van der Waals surface area (Å²) < 4.78 is 41.7. The maximum absolute atomic E-state index is 12.3. The second kappa shape index (κ2) is 14.1. The van der Waals surface area contributed by atoms with Gasteiger partial charge in [0.2, 0.25) is 0 Å². The predicted octanol–water partition coefficient (Wildman–Crippen LogP) is 4.84. The molecule has 2 unspecified atom stereocenters. The predicted molar refractivity (Wildman–Crippen MR) is 101 cm³/mol. The molecule has 2 heterocycles. The molecular weight excluding hydrogens is 361 g/mol. The maximum atomic E-state index is 12.3. The van der Waals surface area contributed by atoms with E-state index in [9.17, 15) is 22.8 Å². The summed E-state index contributed by atoms with van der Waals surface area (Å²) in [4.78, 5) is 24.4. The number of halogens is 3. The van der Waals surface area contributed by atoms with Gasteiger partial charge in [-0.1, -0.05) is 40.3 Å². The average Bonchev–Trinajstić information content (AvgIpc) is 2.94. The van der Waals surface area contributed by atoms with Crippen molar-refractivity contribution in [2.75, 3.05) is 6.61 Å². The SMILES string of the molecule is C=C.C=CCOC(=O)N1C2CCC1CC(NC(=O)C(F)(F)F)C2.CC.CC. The highest BCUT2D eigenvalue weighted by atomic mass is 19.4. The van der Waals surface area contributed by atoms with Gasteiger partial charge in [-0.2, -0.15) is 13.2 Å². The molecule has 0 aromatic heterocycles. The summed E-state index contributed by atoms with van der Waals surface area (Å²) in [5.41, 5.74) is 0. The Morgan fingerprint density at radius 1 is 1.11 bits per heavy atom. The number of fused-ring (bicyclic) bond motifs is 2. The van der Waals surface area contributed by atoms with Gasteiger partial charge in [0.05, 0.1) is 0 Å². The number of piperidine rings is 1. The van der Waals surface area contributed by atoms with E-state index in [4.69, 9.17) is 4.74 Å². The fourth-order valence-corrected chi connectivity index (χ4v) is 3.06. The number of alkyl halides is 3.